The van der Waals surface area contributed by atoms with Crippen LogP contribution in [-0.2, 0) is 11.3 Å². The van der Waals surface area contributed by atoms with Crippen LogP contribution in [0, 0.1) is 0 Å². The Morgan fingerprint density at radius 2 is 2.47 bits per heavy atom. The lowest BCUT2D eigenvalue weighted by Crippen LogP contribution is -2.30. The number of alkyl carbamates (subject to hydrolysis) is 1. The molecule has 1 aromatic rings. The zero-order valence-electron chi connectivity index (χ0n) is 9.39. The van der Waals surface area contributed by atoms with Crippen molar-refractivity contribution in [3.05, 3.63) is 34.5 Å². The van der Waals surface area contributed by atoms with Crippen LogP contribution in [0.15, 0.2) is 24.8 Å². The molecule has 1 heterocycles. The molecule has 0 fully saturated rings. The summed E-state index contributed by atoms with van der Waals surface area (Å²) in [6.45, 7) is 3.84. The third-order valence-electron chi connectivity index (χ3n) is 2.03. The Kier molecular flexibility index (Phi) is 5.68. The van der Waals surface area contributed by atoms with E-state index in [-0.39, 0.29) is 13.2 Å². The summed E-state index contributed by atoms with van der Waals surface area (Å²) in [7, 11) is 0. The first-order valence-electron chi connectivity index (χ1n) is 5.15. The Morgan fingerprint density at radius 1 is 1.71 bits per heavy atom. The number of hydrogen-bond donors (Lipinski definition) is 3. The van der Waals surface area contributed by atoms with Gasteiger partial charge in [-0.2, -0.15) is 0 Å². The quantitative estimate of drug-likeness (QED) is 0.667. The number of aliphatic hydroxyl groups excluding tert-OH is 1. The van der Waals surface area contributed by atoms with Gasteiger partial charge in [-0.15, -0.1) is 11.3 Å². The molecule has 94 valence electrons. The van der Waals surface area contributed by atoms with Crippen LogP contribution in [0.2, 0.25) is 0 Å². The summed E-state index contributed by atoms with van der Waals surface area (Å²) in [5.74, 6) is 0. The fraction of sp³-hybridized carbons (Fsp3) is 0.364. The molecule has 1 rings (SSSR count). The number of carbonyl (C=O) groups is 1. The molecule has 0 radical (unpaired) electrons. The van der Waals surface area contributed by atoms with Gasteiger partial charge in [0.25, 0.3) is 0 Å². The average Bonchev–Trinajstić information content (AvgIpc) is 2.82. The molecular weight excluding hydrogens is 240 g/mol. The van der Waals surface area contributed by atoms with Crippen molar-refractivity contribution >= 4 is 17.4 Å². The summed E-state index contributed by atoms with van der Waals surface area (Å²) in [4.78, 5) is 13.2. The maximum Gasteiger partial charge on any atom is 0.408 e. The zero-order chi connectivity index (χ0) is 12.7. The number of ether oxygens (including phenoxy) is 1. The second-order valence-corrected chi connectivity index (χ2v) is 4.47. The molecular formula is C11H16N2O3S. The van der Waals surface area contributed by atoms with Crippen molar-refractivity contribution in [2.45, 2.75) is 12.6 Å². The topological polar surface area (TPSA) is 84.6 Å². The summed E-state index contributed by atoms with van der Waals surface area (Å²) in [6.07, 6.45) is 0.900. The molecule has 5 nitrogen and oxygen atoms in total. The van der Waals surface area contributed by atoms with Crippen molar-refractivity contribution in [1.82, 2.24) is 5.32 Å². The van der Waals surface area contributed by atoms with Crippen LogP contribution in [0.25, 0.3) is 0 Å². The molecule has 0 unspecified atom stereocenters. The van der Waals surface area contributed by atoms with Crippen molar-refractivity contribution in [2.24, 2.45) is 5.73 Å². The molecule has 17 heavy (non-hydrogen) atoms. The number of nitrogens with one attached hydrogen (secondary N) is 1. The summed E-state index contributed by atoms with van der Waals surface area (Å²) in [5, 5.41) is 11.8. The fourth-order valence-electron chi connectivity index (χ4n) is 1.22. The second kappa shape index (κ2) is 7.05. The third-order valence-corrected chi connectivity index (χ3v) is 3.26. The molecule has 0 aliphatic rings. The van der Waals surface area contributed by atoms with E-state index in [9.17, 15) is 9.90 Å². The lowest BCUT2D eigenvalue weighted by molar-refractivity contribution is 0.146. The van der Waals surface area contributed by atoms with E-state index in [0.717, 1.165) is 9.75 Å². The molecule has 4 N–H and O–H groups in total. The number of hydrogen-bond acceptors (Lipinski definition) is 5. The molecule has 0 saturated heterocycles. The number of thiophene rings is 1. The largest absolute Gasteiger partial charge is 0.445 e. The highest BCUT2D eigenvalue weighted by Crippen LogP contribution is 2.22. The molecule has 0 bridgehead atoms. The van der Waals surface area contributed by atoms with E-state index in [2.05, 4.69) is 11.9 Å². The highest BCUT2D eigenvalue weighted by Gasteiger charge is 2.16. The maximum absolute atomic E-state index is 11.3. The van der Waals surface area contributed by atoms with Gasteiger partial charge in [0.15, 0.2) is 0 Å². The van der Waals surface area contributed by atoms with Crippen LogP contribution >= 0.6 is 11.3 Å². The smallest absolute Gasteiger partial charge is 0.408 e. The van der Waals surface area contributed by atoms with Gasteiger partial charge in [-0.05, 0) is 12.1 Å². The summed E-state index contributed by atoms with van der Waals surface area (Å²) in [5.41, 5.74) is 5.50. The monoisotopic (exact) mass is 256 g/mol. The number of rotatable bonds is 6. The van der Waals surface area contributed by atoms with Gasteiger partial charge in [-0.25, -0.2) is 4.79 Å². The van der Waals surface area contributed by atoms with Crippen molar-refractivity contribution in [2.75, 3.05) is 13.2 Å². The van der Waals surface area contributed by atoms with Crippen LogP contribution in [0.5, 0.6) is 0 Å². The number of nitrogens with two attached hydrogens (primary N) is 1. The maximum atomic E-state index is 11.3. The zero-order valence-corrected chi connectivity index (χ0v) is 10.2. The van der Waals surface area contributed by atoms with Crippen LogP contribution in [-0.4, -0.2) is 24.4 Å². The molecule has 1 atom stereocenters. The van der Waals surface area contributed by atoms with E-state index in [1.807, 2.05) is 12.1 Å². The second-order valence-electron chi connectivity index (χ2n) is 3.27. The van der Waals surface area contributed by atoms with E-state index in [4.69, 9.17) is 10.5 Å². The van der Waals surface area contributed by atoms with Gasteiger partial charge in [0.1, 0.15) is 6.61 Å². The fourth-order valence-corrected chi connectivity index (χ4v) is 2.15. The Bertz CT molecular complexity index is 379. The van der Waals surface area contributed by atoms with E-state index in [1.165, 1.54) is 17.4 Å². The normalized spacial score (nSPS) is 11.9. The minimum atomic E-state index is -0.577. The molecule has 1 aromatic heterocycles. The first-order chi connectivity index (χ1) is 8.21. The third kappa shape index (κ3) is 4.18. The highest BCUT2D eigenvalue weighted by molar-refractivity contribution is 7.12. The Balaban J connectivity index is 2.58. The first kappa shape index (κ1) is 13.7. The lowest BCUT2D eigenvalue weighted by atomic mass is 10.2. The minimum Gasteiger partial charge on any atom is -0.445 e. The van der Waals surface area contributed by atoms with Crippen molar-refractivity contribution < 1.29 is 14.6 Å². The average molecular weight is 256 g/mol. The first-order valence-corrected chi connectivity index (χ1v) is 5.96. The van der Waals surface area contributed by atoms with E-state index in [0.29, 0.717) is 6.54 Å². The van der Waals surface area contributed by atoms with E-state index >= 15 is 0 Å². The summed E-state index contributed by atoms with van der Waals surface area (Å²) < 4.78 is 4.78. The van der Waals surface area contributed by atoms with Crippen LogP contribution in [0.1, 0.15) is 15.8 Å². The van der Waals surface area contributed by atoms with Gasteiger partial charge in [0, 0.05) is 16.3 Å². The number of carbonyl (C=O) groups excluding carboxylic acids is 1. The van der Waals surface area contributed by atoms with Crippen LogP contribution < -0.4 is 11.1 Å². The molecule has 0 aromatic carbocycles. The standard InChI is InChI=1S/C11H16N2O3S/c1-2-5-16-11(15)13-9(7-14)10-4-3-8(6-12)17-10/h2-4,9,14H,1,5-7,12H2,(H,13,15)/t9-/m1/s1. The molecule has 0 spiro atoms. The summed E-state index contributed by atoms with van der Waals surface area (Å²) >= 11 is 1.46. The van der Waals surface area contributed by atoms with Crippen LogP contribution in [0.3, 0.4) is 0 Å². The Morgan fingerprint density at radius 3 is 3.00 bits per heavy atom. The SMILES string of the molecule is C=CCOC(=O)N[C@H](CO)c1ccc(CN)s1. The van der Waals surface area contributed by atoms with Crippen LogP contribution in [0.4, 0.5) is 4.79 Å². The molecule has 6 heteroatoms. The molecule has 0 aliphatic heterocycles. The minimum absolute atomic E-state index is 0.141. The van der Waals surface area contributed by atoms with Crippen molar-refractivity contribution in [3.63, 3.8) is 0 Å². The molecule has 0 aliphatic carbocycles. The molecule has 1 amide bonds. The van der Waals surface area contributed by atoms with E-state index in [1.54, 1.807) is 0 Å². The Labute approximate surface area is 104 Å². The predicted octanol–water partition coefficient (Wildman–Crippen LogP) is 1.15. The van der Waals surface area contributed by atoms with Gasteiger partial charge < -0.3 is 20.9 Å². The van der Waals surface area contributed by atoms with E-state index < -0.39 is 12.1 Å². The predicted molar refractivity (Wildman–Crippen MR) is 66.7 cm³/mol. The van der Waals surface area contributed by atoms with Crippen molar-refractivity contribution in [1.29, 1.82) is 0 Å². The molecule has 0 saturated carbocycles. The Hall–Kier alpha value is -1.37. The van der Waals surface area contributed by atoms with Crippen molar-refractivity contribution in [3.8, 4) is 0 Å². The number of amides is 1. The van der Waals surface area contributed by atoms with Gasteiger partial charge in [-0.1, -0.05) is 12.7 Å². The van der Waals surface area contributed by atoms with Gasteiger partial charge >= 0.3 is 6.09 Å². The summed E-state index contributed by atoms with van der Waals surface area (Å²) in [6, 6.07) is 3.25. The lowest BCUT2D eigenvalue weighted by Gasteiger charge is -2.14. The van der Waals surface area contributed by atoms with Gasteiger partial charge in [0.05, 0.1) is 12.6 Å². The number of aliphatic hydroxyl groups is 1. The highest BCUT2D eigenvalue weighted by atomic mass is 32.1. The van der Waals surface area contributed by atoms with Gasteiger partial charge in [-0.3, -0.25) is 0 Å². The van der Waals surface area contributed by atoms with Gasteiger partial charge in [0.2, 0.25) is 0 Å².